The van der Waals surface area contributed by atoms with Gasteiger partial charge in [-0.2, -0.15) is 0 Å². The second-order valence-corrected chi connectivity index (χ2v) is 8.11. The van der Waals surface area contributed by atoms with Crippen LogP contribution in [0.4, 0.5) is 0 Å². The van der Waals surface area contributed by atoms with E-state index in [0.717, 1.165) is 27.6 Å². The van der Waals surface area contributed by atoms with Crippen LogP contribution in [0.1, 0.15) is 16.7 Å². The predicted molar refractivity (Wildman–Crippen MR) is 97.0 cm³/mol. The Morgan fingerprint density at radius 2 is 1.71 bits per heavy atom. The van der Waals surface area contributed by atoms with Gasteiger partial charge in [-0.1, -0.05) is 48.0 Å². The molecular formula is C19H20N2O2S. The number of fused-ring (bicyclic) bond motifs is 1. The number of aryl methyl sites for hydroxylation is 1. The number of nitrogens with zero attached hydrogens (tertiary/aromatic N) is 2. The van der Waals surface area contributed by atoms with E-state index < -0.39 is 10.0 Å². The molecule has 1 aromatic heterocycles. The first-order valence-electron chi connectivity index (χ1n) is 7.77. The first kappa shape index (κ1) is 16.6. The third-order valence-corrected chi connectivity index (χ3v) is 5.77. The van der Waals surface area contributed by atoms with Crippen LogP contribution in [0.3, 0.4) is 0 Å². The molecule has 0 aliphatic rings. The number of hydrogen-bond donors (Lipinski definition) is 0. The van der Waals surface area contributed by atoms with Gasteiger partial charge in [0.25, 0.3) is 0 Å². The van der Waals surface area contributed by atoms with E-state index in [1.54, 1.807) is 13.2 Å². The van der Waals surface area contributed by atoms with Gasteiger partial charge in [0, 0.05) is 25.2 Å². The molecule has 0 bridgehead atoms. The number of benzene rings is 2. The Bertz CT molecular complexity index is 951. The standard InChI is InChI=1S/C19H20N2O2S/c1-15-7-9-16(10-8-15)14-24(22,23)21(2)13-17-11-18-5-3-4-6-19(18)20-12-17/h3-12H,13-14H2,1-2H3. The van der Waals surface area contributed by atoms with Crippen molar-refractivity contribution in [3.05, 3.63) is 77.5 Å². The summed E-state index contributed by atoms with van der Waals surface area (Å²) in [6, 6.07) is 17.4. The lowest BCUT2D eigenvalue weighted by atomic mass is 10.1. The van der Waals surface area contributed by atoms with E-state index >= 15 is 0 Å². The Morgan fingerprint density at radius 1 is 1.00 bits per heavy atom. The van der Waals surface area contributed by atoms with Crippen molar-refractivity contribution >= 4 is 20.9 Å². The first-order chi connectivity index (χ1) is 11.4. The normalized spacial score (nSPS) is 12.0. The van der Waals surface area contributed by atoms with Gasteiger partial charge in [0.05, 0.1) is 11.3 Å². The first-order valence-corrected chi connectivity index (χ1v) is 9.38. The van der Waals surface area contributed by atoms with Gasteiger partial charge in [-0.3, -0.25) is 4.98 Å². The zero-order valence-corrected chi connectivity index (χ0v) is 14.6. The largest absolute Gasteiger partial charge is 0.256 e. The summed E-state index contributed by atoms with van der Waals surface area (Å²) in [6.45, 7) is 2.29. The fourth-order valence-electron chi connectivity index (χ4n) is 2.56. The van der Waals surface area contributed by atoms with Crippen molar-refractivity contribution in [3.8, 4) is 0 Å². The van der Waals surface area contributed by atoms with Crippen molar-refractivity contribution in [1.82, 2.24) is 9.29 Å². The Kier molecular flexibility index (Phi) is 4.64. The Morgan fingerprint density at radius 3 is 2.46 bits per heavy atom. The summed E-state index contributed by atoms with van der Waals surface area (Å²) in [5, 5.41) is 1.01. The average Bonchev–Trinajstić information content (AvgIpc) is 2.56. The number of hydrogen-bond acceptors (Lipinski definition) is 3. The fourth-order valence-corrected chi connectivity index (χ4v) is 3.74. The number of pyridine rings is 1. The summed E-state index contributed by atoms with van der Waals surface area (Å²) in [5.74, 6) is 0.00475. The summed E-state index contributed by atoms with van der Waals surface area (Å²) in [5.41, 5.74) is 3.70. The van der Waals surface area contributed by atoms with E-state index in [1.165, 1.54) is 4.31 Å². The Labute approximate surface area is 142 Å². The molecule has 0 unspecified atom stereocenters. The molecule has 124 valence electrons. The molecule has 3 aromatic rings. The summed E-state index contributed by atoms with van der Waals surface area (Å²) < 4.78 is 26.5. The van der Waals surface area contributed by atoms with Gasteiger partial charge in [0.2, 0.25) is 10.0 Å². The molecule has 0 spiro atoms. The minimum Gasteiger partial charge on any atom is -0.256 e. The lowest BCUT2D eigenvalue weighted by molar-refractivity contribution is 0.465. The lowest BCUT2D eigenvalue weighted by Crippen LogP contribution is -2.27. The predicted octanol–water partition coefficient (Wildman–Crippen LogP) is 3.51. The maximum Gasteiger partial charge on any atom is 0.218 e. The van der Waals surface area contributed by atoms with Crippen LogP contribution < -0.4 is 0 Å². The molecule has 0 amide bonds. The quantitative estimate of drug-likeness (QED) is 0.714. The van der Waals surface area contributed by atoms with Gasteiger partial charge in [-0.05, 0) is 30.2 Å². The number of rotatable bonds is 5. The van der Waals surface area contributed by atoms with E-state index in [1.807, 2.05) is 61.5 Å². The van der Waals surface area contributed by atoms with Crippen molar-refractivity contribution < 1.29 is 8.42 Å². The molecule has 0 N–H and O–H groups in total. The van der Waals surface area contributed by atoms with Crippen molar-refractivity contribution in [1.29, 1.82) is 0 Å². The highest BCUT2D eigenvalue weighted by molar-refractivity contribution is 7.88. The molecule has 3 rings (SSSR count). The summed E-state index contributed by atoms with van der Waals surface area (Å²) >= 11 is 0. The van der Waals surface area contributed by atoms with Crippen LogP contribution in [0.15, 0.2) is 60.8 Å². The summed E-state index contributed by atoms with van der Waals surface area (Å²) in [4.78, 5) is 4.39. The minimum absolute atomic E-state index is 0.00475. The maximum atomic E-state index is 12.6. The number of sulfonamides is 1. The van der Waals surface area contributed by atoms with Gasteiger partial charge in [-0.25, -0.2) is 12.7 Å². The highest BCUT2D eigenvalue weighted by Gasteiger charge is 2.19. The van der Waals surface area contributed by atoms with Crippen molar-refractivity contribution in [3.63, 3.8) is 0 Å². The molecular weight excluding hydrogens is 320 g/mol. The van der Waals surface area contributed by atoms with Crippen molar-refractivity contribution in [2.75, 3.05) is 7.05 Å². The average molecular weight is 340 g/mol. The zero-order chi connectivity index (χ0) is 17.2. The number of aromatic nitrogens is 1. The molecule has 4 nitrogen and oxygen atoms in total. The smallest absolute Gasteiger partial charge is 0.218 e. The van der Waals surface area contributed by atoms with Gasteiger partial charge in [0.15, 0.2) is 0 Å². The minimum atomic E-state index is -3.37. The second kappa shape index (κ2) is 6.71. The van der Waals surface area contributed by atoms with Crippen LogP contribution in [0.5, 0.6) is 0 Å². The molecule has 0 saturated heterocycles. The van der Waals surface area contributed by atoms with E-state index in [4.69, 9.17) is 0 Å². The highest BCUT2D eigenvalue weighted by Crippen LogP contribution is 2.17. The second-order valence-electron chi connectivity index (χ2n) is 6.03. The molecule has 2 aromatic carbocycles. The molecule has 0 aliphatic carbocycles. The lowest BCUT2D eigenvalue weighted by Gasteiger charge is -2.17. The Balaban J connectivity index is 1.76. The monoisotopic (exact) mass is 340 g/mol. The number of para-hydroxylation sites is 1. The van der Waals surface area contributed by atoms with Gasteiger partial charge in [0.1, 0.15) is 0 Å². The van der Waals surface area contributed by atoms with Crippen molar-refractivity contribution in [2.45, 2.75) is 19.2 Å². The van der Waals surface area contributed by atoms with Crippen LogP contribution in [0.2, 0.25) is 0 Å². The van der Waals surface area contributed by atoms with E-state index in [9.17, 15) is 8.42 Å². The Hall–Kier alpha value is -2.24. The molecule has 0 atom stereocenters. The van der Waals surface area contributed by atoms with Gasteiger partial charge < -0.3 is 0 Å². The maximum absolute atomic E-state index is 12.6. The topological polar surface area (TPSA) is 50.3 Å². The van der Waals surface area contributed by atoms with E-state index in [2.05, 4.69) is 4.98 Å². The highest BCUT2D eigenvalue weighted by atomic mass is 32.2. The molecule has 0 radical (unpaired) electrons. The molecule has 0 aliphatic heterocycles. The fraction of sp³-hybridized carbons (Fsp3) is 0.211. The third-order valence-electron chi connectivity index (χ3n) is 4.00. The molecule has 1 heterocycles. The van der Waals surface area contributed by atoms with Crippen LogP contribution in [-0.4, -0.2) is 24.8 Å². The van der Waals surface area contributed by atoms with Gasteiger partial charge >= 0.3 is 0 Å². The SMILES string of the molecule is Cc1ccc(CS(=O)(=O)N(C)Cc2cnc3ccccc3c2)cc1. The van der Waals surface area contributed by atoms with Crippen LogP contribution >= 0.6 is 0 Å². The van der Waals surface area contributed by atoms with Crippen LogP contribution in [0.25, 0.3) is 10.9 Å². The van der Waals surface area contributed by atoms with Crippen LogP contribution in [0, 0.1) is 6.92 Å². The molecule has 5 heteroatoms. The van der Waals surface area contributed by atoms with Crippen molar-refractivity contribution in [2.24, 2.45) is 0 Å². The molecule has 24 heavy (non-hydrogen) atoms. The summed E-state index contributed by atoms with van der Waals surface area (Å²) in [7, 11) is -1.76. The van der Waals surface area contributed by atoms with E-state index in [0.29, 0.717) is 6.54 Å². The third kappa shape index (κ3) is 3.80. The van der Waals surface area contributed by atoms with Crippen LogP contribution in [-0.2, 0) is 22.3 Å². The van der Waals surface area contributed by atoms with Gasteiger partial charge in [-0.15, -0.1) is 0 Å². The molecule has 0 saturated carbocycles. The molecule has 0 fully saturated rings. The zero-order valence-electron chi connectivity index (χ0n) is 13.8. The summed E-state index contributed by atoms with van der Waals surface area (Å²) in [6.07, 6.45) is 1.74. The van der Waals surface area contributed by atoms with E-state index in [-0.39, 0.29) is 5.75 Å².